The van der Waals surface area contributed by atoms with Crippen LogP contribution in [0.4, 0.5) is 5.82 Å². The van der Waals surface area contributed by atoms with Crippen LogP contribution >= 0.6 is 11.6 Å². The lowest BCUT2D eigenvalue weighted by atomic mass is 10.2. The minimum atomic E-state index is 0.318. The van der Waals surface area contributed by atoms with Gasteiger partial charge in [0, 0.05) is 12.7 Å². The van der Waals surface area contributed by atoms with Gasteiger partial charge in [0.2, 0.25) is 0 Å². The van der Waals surface area contributed by atoms with Crippen molar-refractivity contribution in [1.29, 1.82) is 5.26 Å². The Kier molecular flexibility index (Phi) is 3.98. The van der Waals surface area contributed by atoms with Gasteiger partial charge in [0.05, 0.1) is 23.9 Å². The number of anilines is 1. The topological polar surface area (TPSA) is 52.8 Å². The lowest BCUT2D eigenvalue weighted by molar-refractivity contribution is 0.859. The van der Waals surface area contributed by atoms with Crippen LogP contribution in [0, 0.1) is 18.3 Å². The van der Waals surface area contributed by atoms with Crippen LogP contribution in [-0.2, 0) is 6.54 Å². The molecule has 0 amide bonds. The molecule has 0 radical (unpaired) electrons. The van der Waals surface area contributed by atoms with E-state index in [0.29, 0.717) is 23.1 Å². The minimum Gasteiger partial charge on any atom is -0.354 e. The maximum absolute atomic E-state index is 8.93. The highest BCUT2D eigenvalue weighted by atomic mass is 35.5. The summed E-state index contributed by atoms with van der Waals surface area (Å²) in [6.07, 6.45) is 0. The maximum atomic E-state index is 8.93. The third-order valence-corrected chi connectivity index (χ3v) is 2.84. The first-order valence-electron chi connectivity index (χ1n) is 5.80. The monoisotopic (exact) mass is 272 g/mol. The summed E-state index contributed by atoms with van der Waals surface area (Å²) in [7, 11) is 1.89. The standard InChI is InChI=1S/C14H13ClN4/c1-10-4-3-5-12(17-10)9-19(2)14-7-11(8-16)6-13(15)18-14/h3-7H,9H2,1-2H3. The van der Waals surface area contributed by atoms with Crippen molar-refractivity contribution in [1.82, 2.24) is 9.97 Å². The number of rotatable bonds is 3. The maximum Gasteiger partial charge on any atom is 0.132 e. The number of pyridine rings is 2. The van der Waals surface area contributed by atoms with Crippen molar-refractivity contribution < 1.29 is 0 Å². The molecule has 5 heteroatoms. The summed E-state index contributed by atoms with van der Waals surface area (Å²) in [6, 6.07) is 11.2. The van der Waals surface area contributed by atoms with Crippen molar-refractivity contribution >= 4 is 17.4 Å². The van der Waals surface area contributed by atoms with Gasteiger partial charge in [-0.25, -0.2) is 4.98 Å². The Labute approximate surface area is 117 Å². The van der Waals surface area contributed by atoms with Gasteiger partial charge in [-0.1, -0.05) is 17.7 Å². The Morgan fingerprint density at radius 3 is 2.79 bits per heavy atom. The minimum absolute atomic E-state index is 0.318. The van der Waals surface area contributed by atoms with Crippen molar-refractivity contribution in [3.63, 3.8) is 0 Å². The molecule has 0 aliphatic heterocycles. The molecule has 0 aromatic carbocycles. The van der Waals surface area contributed by atoms with Gasteiger partial charge in [0.25, 0.3) is 0 Å². The molecule has 0 aliphatic rings. The molecule has 0 fully saturated rings. The first kappa shape index (κ1) is 13.3. The summed E-state index contributed by atoms with van der Waals surface area (Å²) in [5.74, 6) is 0.660. The smallest absolute Gasteiger partial charge is 0.132 e. The van der Waals surface area contributed by atoms with E-state index in [9.17, 15) is 0 Å². The number of hydrogen-bond donors (Lipinski definition) is 0. The Bertz CT molecular complexity index is 634. The second kappa shape index (κ2) is 5.68. The molecule has 2 aromatic rings. The van der Waals surface area contributed by atoms with Crippen LogP contribution in [0.25, 0.3) is 0 Å². The van der Waals surface area contributed by atoms with Crippen molar-refractivity contribution in [2.75, 3.05) is 11.9 Å². The molecule has 0 spiro atoms. The highest BCUT2D eigenvalue weighted by Crippen LogP contribution is 2.18. The molecule has 0 unspecified atom stereocenters. The lowest BCUT2D eigenvalue weighted by Gasteiger charge is -2.18. The van der Waals surface area contributed by atoms with Crippen LogP contribution in [0.2, 0.25) is 5.15 Å². The molecule has 0 saturated carbocycles. The number of aromatic nitrogens is 2. The van der Waals surface area contributed by atoms with Crippen molar-refractivity contribution in [2.45, 2.75) is 13.5 Å². The van der Waals surface area contributed by atoms with Crippen LogP contribution in [0.15, 0.2) is 30.3 Å². The normalized spacial score (nSPS) is 10.0. The van der Waals surface area contributed by atoms with Gasteiger partial charge in [-0.2, -0.15) is 5.26 Å². The molecule has 19 heavy (non-hydrogen) atoms. The summed E-state index contributed by atoms with van der Waals surface area (Å²) in [4.78, 5) is 10.6. The number of nitrogens with zero attached hydrogens (tertiary/aromatic N) is 4. The fourth-order valence-corrected chi connectivity index (χ4v) is 1.96. The Morgan fingerprint density at radius 2 is 2.11 bits per heavy atom. The van der Waals surface area contributed by atoms with E-state index in [1.807, 2.05) is 37.1 Å². The van der Waals surface area contributed by atoms with Gasteiger partial charge < -0.3 is 4.90 Å². The Balaban J connectivity index is 2.23. The average molecular weight is 273 g/mol. The number of nitriles is 1. The summed E-state index contributed by atoms with van der Waals surface area (Å²) in [5, 5.41) is 9.24. The first-order valence-corrected chi connectivity index (χ1v) is 6.17. The number of aryl methyl sites for hydroxylation is 1. The fourth-order valence-electron chi connectivity index (χ4n) is 1.75. The van der Waals surface area contributed by atoms with Crippen molar-refractivity contribution in [2.24, 2.45) is 0 Å². The quantitative estimate of drug-likeness (QED) is 0.806. The van der Waals surface area contributed by atoms with Crippen molar-refractivity contribution in [3.8, 4) is 6.07 Å². The molecule has 0 N–H and O–H groups in total. The van der Waals surface area contributed by atoms with E-state index in [1.54, 1.807) is 12.1 Å². The summed E-state index contributed by atoms with van der Waals surface area (Å²) >= 11 is 5.90. The van der Waals surface area contributed by atoms with Crippen molar-refractivity contribution in [3.05, 3.63) is 52.4 Å². The van der Waals surface area contributed by atoms with E-state index in [0.717, 1.165) is 11.4 Å². The van der Waals surface area contributed by atoms with Gasteiger partial charge in [0.1, 0.15) is 11.0 Å². The van der Waals surface area contributed by atoms with Crippen LogP contribution in [0.1, 0.15) is 17.0 Å². The zero-order valence-corrected chi connectivity index (χ0v) is 11.5. The summed E-state index contributed by atoms with van der Waals surface area (Å²) < 4.78 is 0. The first-order chi connectivity index (χ1) is 9.08. The second-order valence-corrected chi connectivity index (χ2v) is 4.66. The predicted molar refractivity (Wildman–Crippen MR) is 75.0 cm³/mol. The van der Waals surface area contributed by atoms with Crippen LogP contribution in [0.5, 0.6) is 0 Å². The molecule has 2 rings (SSSR count). The molecule has 4 nitrogen and oxygen atoms in total. The van der Waals surface area contributed by atoms with Gasteiger partial charge in [0.15, 0.2) is 0 Å². The van der Waals surface area contributed by atoms with Gasteiger partial charge >= 0.3 is 0 Å². The van der Waals surface area contributed by atoms with Crippen LogP contribution < -0.4 is 4.90 Å². The molecule has 96 valence electrons. The van der Waals surface area contributed by atoms with Gasteiger partial charge in [-0.05, 0) is 31.2 Å². The Hall–Kier alpha value is -2.12. The molecule has 0 saturated heterocycles. The molecule has 0 bridgehead atoms. The lowest BCUT2D eigenvalue weighted by Crippen LogP contribution is -2.18. The fraction of sp³-hybridized carbons (Fsp3) is 0.214. The molecular weight excluding hydrogens is 260 g/mol. The largest absolute Gasteiger partial charge is 0.354 e. The molecule has 2 heterocycles. The second-order valence-electron chi connectivity index (χ2n) is 4.27. The van der Waals surface area contributed by atoms with E-state index < -0.39 is 0 Å². The van der Waals surface area contributed by atoms with E-state index in [-0.39, 0.29) is 0 Å². The average Bonchev–Trinajstić information content (AvgIpc) is 2.38. The van der Waals surface area contributed by atoms with E-state index in [4.69, 9.17) is 16.9 Å². The third kappa shape index (κ3) is 3.43. The summed E-state index contributed by atoms with van der Waals surface area (Å²) in [6.45, 7) is 2.56. The summed E-state index contributed by atoms with van der Waals surface area (Å²) in [5.41, 5.74) is 2.42. The van der Waals surface area contributed by atoms with E-state index in [1.165, 1.54) is 0 Å². The molecule has 2 aromatic heterocycles. The van der Waals surface area contributed by atoms with Gasteiger partial charge in [-0.15, -0.1) is 0 Å². The zero-order valence-electron chi connectivity index (χ0n) is 10.8. The van der Waals surface area contributed by atoms with Gasteiger partial charge in [-0.3, -0.25) is 4.98 Å². The SMILES string of the molecule is Cc1cccc(CN(C)c2cc(C#N)cc(Cl)n2)n1. The zero-order chi connectivity index (χ0) is 13.8. The molecule has 0 atom stereocenters. The van der Waals surface area contributed by atoms with Crippen LogP contribution in [0.3, 0.4) is 0 Å². The van der Waals surface area contributed by atoms with E-state index in [2.05, 4.69) is 16.0 Å². The predicted octanol–water partition coefficient (Wildman–Crippen LogP) is 2.95. The number of hydrogen-bond acceptors (Lipinski definition) is 4. The Morgan fingerprint density at radius 1 is 1.32 bits per heavy atom. The van der Waals surface area contributed by atoms with E-state index >= 15 is 0 Å². The molecule has 0 aliphatic carbocycles. The highest BCUT2D eigenvalue weighted by molar-refractivity contribution is 6.29. The number of halogens is 1. The molecular formula is C14H13ClN4. The van der Waals surface area contributed by atoms with Crippen LogP contribution in [-0.4, -0.2) is 17.0 Å². The third-order valence-electron chi connectivity index (χ3n) is 2.65. The highest BCUT2D eigenvalue weighted by Gasteiger charge is 2.07.